The Morgan fingerprint density at radius 1 is 1.44 bits per heavy atom. The second-order valence-electron chi connectivity index (χ2n) is 4.35. The summed E-state index contributed by atoms with van der Waals surface area (Å²) in [4.78, 5) is 10.5. The molecule has 1 atom stereocenters. The van der Waals surface area contributed by atoms with E-state index in [4.69, 9.17) is 11.6 Å². The third-order valence-electron chi connectivity index (χ3n) is 2.57. The summed E-state index contributed by atoms with van der Waals surface area (Å²) < 4.78 is 0. The molecule has 0 saturated carbocycles. The maximum Gasteiger partial charge on any atom is 0.272 e. The molecule has 0 spiro atoms. The summed E-state index contributed by atoms with van der Waals surface area (Å²) in [7, 11) is 0. The maximum atomic E-state index is 10.8. The summed E-state index contributed by atoms with van der Waals surface area (Å²) in [6, 6.07) is 5.14. The van der Waals surface area contributed by atoms with Crippen LogP contribution in [0.15, 0.2) is 18.2 Å². The molecular weight excluding hydrogens is 226 g/mol. The molecule has 16 heavy (non-hydrogen) atoms. The summed E-state index contributed by atoms with van der Waals surface area (Å²) in [5.74, 6) is 0.307. The molecule has 3 nitrogen and oxygen atoms in total. The van der Waals surface area contributed by atoms with Crippen LogP contribution in [0.1, 0.15) is 25.0 Å². The number of hydrogen-bond donors (Lipinski definition) is 0. The number of rotatable bonds is 4. The van der Waals surface area contributed by atoms with Gasteiger partial charge in [-0.1, -0.05) is 25.5 Å². The van der Waals surface area contributed by atoms with Crippen LogP contribution in [0.3, 0.4) is 0 Å². The molecule has 0 aliphatic rings. The van der Waals surface area contributed by atoms with Crippen LogP contribution in [0.25, 0.3) is 0 Å². The molecule has 0 N–H and O–H groups in total. The van der Waals surface area contributed by atoms with Gasteiger partial charge in [-0.2, -0.15) is 0 Å². The number of hydrogen-bond acceptors (Lipinski definition) is 2. The molecule has 4 heteroatoms. The molecule has 0 aliphatic carbocycles. The van der Waals surface area contributed by atoms with E-state index in [0.717, 1.165) is 11.1 Å². The molecule has 0 saturated heterocycles. The lowest BCUT2D eigenvalue weighted by Crippen LogP contribution is -2.12. The molecule has 0 amide bonds. The van der Waals surface area contributed by atoms with Gasteiger partial charge < -0.3 is 0 Å². The highest BCUT2D eigenvalue weighted by Gasteiger charge is 2.18. The van der Waals surface area contributed by atoms with E-state index in [1.54, 1.807) is 12.1 Å². The van der Waals surface area contributed by atoms with E-state index in [1.165, 1.54) is 0 Å². The summed E-state index contributed by atoms with van der Waals surface area (Å²) in [5.41, 5.74) is 1.91. The van der Waals surface area contributed by atoms with Crippen molar-refractivity contribution >= 4 is 17.3 Å². The highest BCUT2D eigenvalue weighted by molar-refractivity contribution is 6.20. The zero-order valence-electron chi connectivity index (χ0n) is 9.74. The third kappa shape index (κ3) is 3.20. The molecule has 88 valence electrons. The number of alkyl halides is 1. The monoisotopic (exact) mass is 241 g/mol. The Bertz CT molecular complexity index is 391. The molecular formula is C12H16ClNO2. The van der Waals surface area contributed by atoms with Crippen molar-refractivity contribution in [3.63, 3.8) is 0 Å². The number of benzene rings is 1. The molecule has 0 aliphatic heterocycles. The van der Waals surface area contributed by atoms with Gasteiger partial charge in [-0.05, 0) is 25.3 Å². The minimum Gasteiger partial charge on any atom is -0.258 e. The van der Waals surface area contributed by atoms with Crippen molar-refractivity contribution in [2.24, 2.45) is 5.92 Å². The van der Waals surface area contributed by atoms with Gasteiger partial charge in [-0.15, -0.1) is 11.6 Å². The van der Waals surface area contributed by atoms with Gasteiger partial charge in [-0.25, -0.2) is 0 Å². The van der Waals surface area contributed by atoms with Crippen LogP contribution in [0, 0.1) is 23.0 Å². The van der Waals surface area contributed by atoms with E-state index in [0.29, 0.717) is 12.3 Å². The maximum absolute atomic E-state index is 10.8. The van der Waals surface area contributed by atoms with Gasteiger partial charge in [0.25, 0.3) is 5.69 Å². The molecule has 0 aromatic heterocycles. The largest absolute Gasteiger partial charge is 0.272 e. The first kappa shape index (κ1) is 13.0. The highest BCUT2D eigenvalue weighted by Crippen LogP contribution is 2.24. The normalized spacial score (nSPS) is 12.8. The first-order valence-corrected chi connectivity index (χ1v) is 5.73. The van der Waals surface area contributed by atoms with E-state index in [9.17, 15) is 10.1 Å². The first-order valence-electron chi connectivity index (χ1n) is 5.29. The SMILES string of the molecule is Cc1ccc([N+](=O)[O-])c(CC(Cl)C(C)C)c1. The second kappa shape index (κ2) is 5.30. The Morgan fingerprint density at radius 2 is 2.06 bits per heavy atom. The van der Waals surface area contributed by atoms with E-state index in [2.05, 4.69) is 0 Å². The van der Waals surface area contributed by atoms with E-state index in [1.807, 2.05) is 26.8 Å². The molecule has 1 aromatic carbocycles. The lowest BCUT2D eigenvalue weighted by molar-refractivity contribution is -0.385. The summed E-state index contributed by atoms with van der Waals surface area (Å²) in [6.07, 6.45) is 0.539. The van der Waals surface area contributed by atoms with Gasteiger partial charge in [0.2, 0.25) is 0 Å². The summed E-state index contributed by atoms with van der Waals surface area (Å²) >= 11 is 6.16. The fourth-order valence-electron chi connectivity index (χ4n) is 1.50. The van der Waals surface area contributed by atoms with Crippen LogP contribution in [-0.4, -0.2) is 10.3 Å². The molecule has 0 heterocycles. The minimum absolute atomic E-state index is 0.0690. The second-order valence-corrected chi connectivity index (χ2v) is 4.91. The third-order valence-corrected chi connectivity index (χ3v) is 3.23. The standard InChI is InChI=1S/C12H16ClNO2/c1-8(2)11(13)7-10-6-9(3)4-5-12(10)14(15)16/h4-6,8,11H,7H2,1-3H3. The Balaban J connectivity index is 3.01. The zero-order chi connectivity index (χ0) is 12.3. The van der Waals surface area contributed by atoms with Crippen LogP contribution < -0.4 is 0 Å². The van der Waals surface area contributed by atoms with Crippen LogP contribution >= 0.6 is 11.6 Å². The highest BCUT2D eigenvalue weighted by atomic mass is 35.5. The number of halogens is 1. The van der Waals surface area contributed by atoms with Crippen molar-refractivity contribution in [3.05, 3.63) is 39.4 Å². The Hall–Kier alpha value is -1.09. The Morgan fingerprint density at radius 3 is 2.56 bits per heavy atom. The fraction of sp³-hybridized carbons (Fsp3) is 0.500. The molecule has 1 aromatic rings. The lowest BCUT2D eigenvalue weighted by Gasteiger charge is -2.13. The minimum atomic E-state index is -0.349. The van der Waals surface area contributed by atoms with Gasteiger partial charge in [0.15, 0.2) is 0 Å². The van der Waals surface area contributed by atoms with Crippen molar-refractivity contribution < 1.29 is 4.92 Å². The summed E-state index contributed by atoms with van der Waals surface area (Å²) in [5, 5.41) is 10.8. The predicted octanol–water partition coefficient (Wildman–Crippen LogP) is 3.71. The predicted molar refractivity (Wildman–Crippen MR) is 66.0 cm³/mol. The molecule has 0 bridgehead atoms. The quantitative estimate of drug-likeness (QED) is 0.458. The van der Waals surface area contributed by atoms with Gasteiger partial charge in [0, 0.05) is 17.0 Å². The average Bonchev–Trinajstić information content (AvgIpc) is 2.16. The topological polar surface area (TPSA) is 43.1 Å². The molecule has 1 rings (SSSR count). The van der Waals surface area contributed by atoms with Crippen molar-refractivity contribution in [1.29, 1.82) is 0 Å². The van der Waals surface area contributed by atoms with E-state index < -0.39 is 0 Å². The summed E-state index contributed by atoms with van der Waals surface area (Å²) in [6.45, 7) is 5.95. The molecule has 0 fully saturated rings. The van der Waals surface area contributed by atoms with Crippen molar-refractivity contribution in [2.75, 3.05) is 0 Å². The molecule has 0 radical (unpaired) electrons. The van der Waals surface area contributed by atoms with Crippen molar-refractivity contribution in [3.8, 4) is 0 Å². The van der Waals surface area contributed by atoms with Gasteiger partial charge in [0.1, 0.15) is 0 Å². The smallest absolute Gasteiger partial charge is 0.258 e. The van der Waals surface area contributed by atoms with Crippen LogP contribution in [-0.2, 0) is 6.42 Å². The average molecular weight is 242 g/mol. The number of aryl methyl sites for hydroxylation is 1. The zero-order valence-corrected chi connectivity index (χ0v) is 10.5. The van der Waals surface area contributed by atoms with Crippen LogP contribution in [0.4, 0.5) is 5.69 Å². The number of nitro groups is 1. The van der Waals surface area contributed by atoms with Crippen molar-refractivity contribution in [2.45, 2.75) is 32.6 Å². The van der Waals surface area contributed by atoms with Crippen LogP contribution in [0.5, 0.6) is 0 Å². The van der Waals surface area contributed by atoms with Crippen LogP contribution in [0.2, 0.25) is 0 Å². The van der Waals surface area contributed by atoms with Gasteiger partial charge in [0.05, 0.1) is 4.92 Å². The fourth-order valence-corrected chi connectivity index (χ4v) is 1.67. The van der Waals surface area contributed by atoms with Crippen molar-refractivity contribution in [1.82, 2.24) is 0 Å². The van der Waals surface area contributed by atoms with Gasteiger partial charge >= 0.3 is 0 Å². The number of nitrogens with zero attached hydrogens (tertiary/aromatic N) is 1. The first-order chi connectivity index (χ1) is 7.41. The van der Waals surface area contributed by atoms with Gasteiger partial charge in [-0.3, -0.25) is 10.1 Å². The Labute approximate surface area is 101 Å². The number of nitro benzene ring substituents is 1. The van der Waals surface area contributed by atoms with E-state index in [-0.39, 0.29) is 16.0 Å². The van der Waals surface area contributed by atoms with E-state index >= 15 is 0 Å². The Kier molecular flexibility index (Phi) is 4.30. The molecule has 1 unspecified atom stereocenters. The lowest BCUT2D eigenvalue weighted by atomic mass is 9.99.